The van der Waals surface area contributed by atoms with Crippen LogP contribution in [0.1, 0.15) is 30.3 Å². The van der Waals surface area contributed by atoms with Crippen LogP contribution in [-0.2, 0) is 13.0 Å². The standard InChI is InChI=1S/C11H17N/c1-8-4-5-12-10(3)9(2)7-11(12)6-8/h7-8H,4-6H2,1-3H3. The number of nitrogens with zero attached hydrogens (tertiary/aromatic N) is 1. The Morgan fingerprint density at radius 3 is 2.92 bits per heavy atom. The molecule has 0 saturated heterocycles. The maximum Gasteiger partial charge on any atom is 0.0227 e. The first kappa shape index (κ1) is 7.90. The van der Waals surface area contributed by atoms with Crippen LogP contribution < -0.4 is 0 Å². The second-order valence-electron chi connectivity index (χ2n) is 4.15. The van der Waals surface area contributed by atoms with E-state index in [1.165, 1.54) is 30.6 Å². The number of hydrogen-bond donors (Lipinski definition) is 0. The molecule has 0 aromatic carbocycles. The lowest BCUT2D eigenvalue weighted by Crippen LogP contribution is -2.17. The van der Waals surface area contributed by atoms with E-state index in [4.69, 9.17) is 0 Å². The molecule has 0 N–H and O–H groups in total. The molecule has 12 heavy (non-hydrogen) atoms. The minimum absolute atomic E-state index is 0.881. The van der Waals surface area contributed by atoms with Crippen molar-refractivity contribution in [3.8, 4) is 0 Å². The van der Waals surface area contributed by atoms with E-state index in [1.807, 2.05) is 0 Å². The van der Waals surface area contributed by atoms with E-state index < -0.39 is 0 Å². The third-order valence-electron chi connectivity index (χ3n) is 3.11. The predicted molar refractivity (Wildman–Crippen MR) is 51.4 cm³/mol. The highest BCUT2D eigenvalue weighted by atomic mass is 15.0. The molecule has 66 valence electrons. The van der Waals surface area contributed by atoms with Crippen LogP contribution in [0, 0.1) is 19.8 Å². The Bertz CT molecular complexity index is 296. The lowest BCUT2D eigenvalue weighted by molar-refractivity contribution is 0.412. The quantitative estimate of drug-likeness (QED) is 0.554. The Kier molecular flexibility index (Phi) is 1.75. The monoisotopic (exact) mass is 163 g/mol. The first-order valence-electron chi connectivity index (χ1n) is 4.84. The van der Waals surface area contributed by atoms with Crippen LogP contribution in [0.4, 0.5) is 0 Å². The van der Waals surface area contributed by atoms with Gasteiger partial charge in [-0.1, -0.05) is 6.92 Å². The largest absolute Gasteiger partial charge is 0.349 e. The Morgan fingerprint density at radius 2 is 2.17 bits per heavy atom. The van der Waals surface area contributed by atoms with Gasteiger partial charge in [0.15, 0.2) is 0 Å². The molecule has 1 heteroatoms. The van der Waals surface area contributed by atoms with E-state index in [-0.39, 0.29) is 0 Å². The van der Waals surface area contributed by atoms with E-state index in [2.05, 4.69) is 31.4 Å². The third-order valence-corrected chi connectivity index (χ3v) is 3.11. The predicted octanol–water partition coefficient (Wildman–Crippen LogP) is 2.69. The number of rotatable bonds is 0. The summed E-state index contributed by atoms with van der Waals surface area (Å²) < 4.78 is 2.48. The topological polar surface area (TPSA) is 4.93 Å². The molecule has 0 aliphatic carbocycles. The normalized spacial score (nSPS) is 22.4. The van der Waals surface area contributed by atoms with Gasteiger partial charge in [0, 0.05) is 17.9 Å². The molecule has 1 aromatic heterocycles. The molecular weight excluding hydrogens is 146 g/mol. The molecule has 1 aromatic rings. The molecule has 0 spiro atoms. The lowest BCUT2D eigenvalue weighted by Gasteiger charge is -2.22. The van der Waals surface area contributed by atoms with Gasteiger partial charge in [0.1, 0.15) is 0 Å². The van der Waals surface area contributed by atoms with E-state index in [0.717, 1.165) is 5.92 Å². The summed E-state index contributed by atoms with van der Waals surface area (Å²) in [6.07, 6.45) is 2.62. The van der Waals surface area contributed by atoms with Crippen molar-refractivity contribution in [1.82, 2.24) is 4.57 Å². The zero-order chi connectivity index (χ0) is 8.72. The van der Waals surface area contributed by atoms with Crippen molar-refractivity contribution in [2.45, 2.75) is 40.2 Å². The first-order chi connectivity index (χ1) is 5.68. The molecule has 0 saturated carbocycles. The maximum atomic E-state index is 2.48. The zero-order valence-electron chi connectivity index (χ0n) is 8.22. The van der Waals surface area contributed by atoms with Crippen molar-refractivity contribution >= 4 is 0 Å². The fraction of sp³-hybridized carbons (Fsp3) is 0.636. The molecule has 1 aliphatic heterocycles. The Morgan fingerprint density at radius 1 is 1.42 bits per heavy atom. The molecular formula is C11H17N. The maximum absolute atomic E-state index is 2.48. The van der Waals surface area contributed by atoms with E-state index >= 15 is 0 Å². The average Bonchev–Trinajstić information content (AvgIpc) is 2.28. The van der Waals surface area contributed by atoms with Crippen LogP contribution >= 0.6 is 0 Å². The highest BCUT2D eigenvalue weighted by molar-refractivity contribution is 5.27. The van der Waals surface area contributed by atoms with E-state index in [0.29, 0.717) is 0 Å². The average molecular weight is 163 g/mol. The van der Waals surface area contributed by atoms with Gasteiger partial charge in [-0.2, -0.15) is 0 Å². The second kappa shape index (κ2) is 2.65. The van der Waals surface area contributed by atoms with Crippen LogP contribution in [0.3, 0.4) is 0 Å². The summed E-state index contributed by atoms with van der Waals surface area (Å²) in [6.45, 7) is 8.03. The highest BCUT2D eigenvalue weighted by Gasteiger charge is 2.17. The van der Waals surface area contributed by atoms with Gasteiger partial charge < -0.3 is 4.57 Å². The molecule has 1 atom stereocenters. The van der Waals surface area contributed by atoms with Crippen LogP contribution in [0.2, 0.25) is 0 Å². The minimum atomic E-state index is 0.881. The van der Waals surface area contributed by atoms with Crippen LogP contribution in [0.15, 0.2) is 6.07 Å². The van der Waals surface area contributed by atoms with Crippen LogP contribution in [-0.4, -0.2) is 4.57 Å². The summed E-state index contributed by atoms with van der Waals surface area (Å²) in [5.41, 5.74) is 4.47. The minimum Gasteiger partial charge on any atom is -0.349 e. The summed E-state index contributed by atoms with van der Waals surface area (Å²) in [5, 5.41) is 0. The van der Waals surface area contributed by atoms with Gasteiger partial charge in [-0.3, -0.25) is 0 Å². The number of fused-ring (bicyclic) bond motifs is 1. The Labute approximate surface area is 74.4 Å². The van der Waals surface area contributed by atoms with Gasteiger partial charge in [-0.15, -0.1) is 0 Å². The van der Waals surface area contributed by atoms with Gasteiger partial charge in [0.05, 0.1) is 0 Å². The summed E-state index contributed by atoms with van der Waals surface area (Å²) in [6, 6.07) is 2.35. The molecule has 2 heterocycles. The van der Waals surface area contributed by atoms with Crippen LogP contribution in [0.25, 0.3) is 0 Å². The smallest absolute Gasteiger partial charge is 0.0227 e. The second-order valence-corrected chi connectivity index (χ2v) is 4.15. The summed E-state index contributed by atoms with van der Waals surface area (Å²) in [4.78, 5) is 0. The van der Waals surface area contributed by atoms with E-state index in [1.54, 1.807) is 5.69 Å². The van der Waals surface area contributed by atoms with Gasteiger partial charge >= 0.3 is 0 Å². The SMILES string of the molecule is Cc1cc2n(c1C)CCC(C)C2. The van der Waals surface area contributed by atoms with Crippen molar-refractivity contribution in [3.05, 3.63) is 23.0 Å². The van der Waals surface area contributed by atoms with Gasteiger partial charge in [-0.25, -0.2) is 0 Å². The molecule has 2 rings (SSSR count). The molecule has 1 unspecified atom stereocenters. The zero-order valence-corrected chi connectivity index (χ0v) is 8.22. The van der Waals surface area contributed by atoms with Gasteiger partial charge in [0.2, 0.25) is 0 Å². The fourth-order valence-electron chi connectivity index (χ4n) is 2.15. The van der Waals surface area contributed by atoms with E-state index in [9.17, 15) is 0 Å². The van der Waals surface area contributed by atoms with Gasteiger partial charge in [0.25, 0.3) is 0 Å². The molecule has 0 bridgehead atoms. The lowest BCUT2D eigenvalue weighted by atomic mass is 9.98. The molecule has 1 nitrogen and oxygen atoms in total. The summed E-state index contributed by atoms with van der Waals surface area (Å²) in [5.74, 6) is 0.881. The highest BCUT2D eigenvalue weighted by Crippen LogP contribution is 2.24. The summed E-state index contributed by atoms with van der Waals surface area (Å²) in [7, 11) is 0. The van der Waals surface area contributed by atoms with Crippen molar-refractivity contribution in [2.75, 3.05) is 0 Å². The Hall–Kier alpha value is -0.720. The van der Waals surface area contributed by atoms with Crippen molar-refractivity contribution < 1.29 is 0 Å². The number of hydrogen-bond acceptors (Lipinski definition) is 0. The fourth-order valence-corrected chi connectivity index (χ4v) is 2.15. The molecule has 0 fully saturated rings. The third kappa shape index (κ3) is 1.08. The Balaban J connectivity index is 2.43. The van der Waals surface area contributed by atoms with Crippen LogP contribution in [0.5, 0.6) is 0 Å². The van der Waals surface area contributed by atoms with Crippen molar-refractivity contribution in [2.24, 2.45) is 5.92 Å². The molecule has 0 amide bonds. The summed E-state index contributed by atoms with van der Waals surface area (Å²) >= 11 is 0. The number of aryl methyl sites for hydroxylation is 1. The molecule has 0 radical (unpaired) electrons. The van der Waals surface area contributed by atoms with Crippen molar-refractivity contribution in [1.29, 1.82) is 0 Å². The van der Waals surface area contributed by atoms with Gasteiger partial charge in [-0.05, 0) is 44.2 Å². The number of aromatic nitrogens is 1. The molecule has 1 aliphatic rings. The first-order valence-corrected chi connectivity index (χ1v) is 4.84. The van der Waals surface area contributed by atoms with Crippen molar-refractivity contribution in [3.63, 3.8) is 0 Å².